The van der Waals surface area contributed by atoms with Gasteiger partial charge in [-0.1, -0.05) is 267 Å². The molecule has 0 saturated heterocycles. The molecule has 17 aromatic carbocycles. The van der Waals surface area contributed by atoms with Crippen molar-refractivity contribution in [2.75, 3.05) is 0 Å². The topological polar surface area (TPSA) is 0 Å². The van der Waals surface area contributed by atoms with Gasteiger partial charge >= 0.3 is 0 Å². The third kappa shape index (κ3) is 6.17. The summed E-state index contributed by atoms with van der Waals surface area (Å²) < 4.78 is 0. The number of fused-ring (bicyclic) bond motifs is 8. The average molecular weight is 983 g/mol. The van der Waals surface area contributed by atoms with Crippen LogP contribution in [0.4, 0.5) is 0 Å². The Morgan fingerprint density at radius 3 is 0.667 bits per heavy atom. The van der Waals surface area contributed by atoms with Crippen LogP contribution >= 0.6 is 0 Å². The number of benzene rings is 17. The lowest BCUT2D eigenvalue weighted by Crippen LogP contribution is -1.95. The van der Waals surface area contributed by atoms with E-state index in [2.05, 4.69) is 279 Å². The average Bonchev–Trinajstić information content (AvgIpc) is 3.09. The van der Waals surface area contributed by atoms with Crippen molar-refractivity contribution < 1.29 is 0 Å². The van der Waals surface area contributed by atoms with Crippen LogP contribution in [0, 0.1) is 0 Å². The van der Waals surface area contributed by atoms with Crippen molar-refractivity contribution in [3.63, 3.8) is 0 Å². The quantitative estimate of drug-likeness (QED) is 0.115. The molecule has 0 aliphatic heterocycles. The predicted octanol–water partition coefficient (Wildman–Crippen LogP) is 22.1. The summed E-state index contributed by atoms with van der Waals surface area (Å²) >= 11 is 0. The van der Waals surface area contributed by atoms with Crippen LogP contribution in [0.15, 0.2) is 279 Å². The SMILES string of the molecule is c1ccc(-c2c3ccc(-c4ccc(-c5ccc6c(-c7ccccc7)c7c8cccc9ccc%10cccc(c7c(-c7ccccc7)c6c5)c%10c98)cc4)cc3c(-c3ccccc3)c3c4cccc5ccc6cccc(c23)c6c54)cc1. The minimum atomic E-state index is 1.18. The molecule has 0 N–H and O–H groups in total. The highest BCUT2D eigenvalue weighted by atomic mass is 14.3. The standard InChI is InChI=1S/C78H46/c1-5-17-49(18-6-1)67-59-43-41-57(45-65(59)73(51-21-9-3-10-22-51)77-63-31-15-27-55-39-37-53-25-13-29-61(75(67)77)69(53)71(55)63)47-33-35-48(36-34-47)58-42-44-60-66(46-58)74(52-23-11-4-12-24-52)78-64-32-16-28-56-40-38-54-26-14-30-62(70(54)72(56)64)76(78)68(60)50-19-7-2-8-20-50/h1-46H. The zero-order chi connectivity index (χ0) is 51.0. The number of hydrogen-bond donors (Lipinski definition) is 0. The maximum Gasteiger partial charge on any atom is -0.000741 e. The molecular formula is C78H46. The third-order valence-electron chi connectivity index (χ3n) is 17.3. The Morgan fingerprint density at radius 2 is 0.385 bits per heavy atom. The van der Waals surface area contributed by atoms with Crippen LogP contribution in [0.3, 0.4) is 0 Å². The molecule has 0 nitrogen and oxygen atoms in total. The van der Waals surface area contributed by atoms with Crippen molar-refractivity contribution in [3.8, 4) is 66.8 Å². The number of rotatable bonds is 6. The van der Waals surface area contributed by atoms with Crippen molar-refractivity contribution in [2.24, 2.45) is 0 Å². The zero-order valence-electron chi connectivity index (χ0n) is 42.6. The molecule has 0 aliphatic carbocycles. The largest absolute Gasteiger partial charge is 0.0622 e. The van der Waals surface area contributed by atoms with Crippen LogP contribution in [0.2, 0.25) is 0 Å². The normalized spacial score (nSPS) is 12.1. The van der Waals surface area contributed by atoms with Crippen LogP contribution in [0.25, 0.3) is 174 Å². The monoisotopic (exact) mass is 982 g/mol. The molecule has 0 aromatic heterocycles. The van der Waals surface area contributed by atoms with Crippen LogP contribution < -0.4 is 0 Å². The van der Waals surface area contributed by atoms with E-state index in [4.69, 9.17) is 0 Å². The molecule has 0 spiro atoms. The lowest BCUT2D eigenvalue weighted by atomic mass is 9.79. The van der Waals surface area contributed by atoms with E-state index in [1.807, 2.05) is 0 Å². The third-order valence-corrected chi connectivity index (χ3v) is 17.3. The molecule has 0 amide bonds. The molecule has 0 saturated carbocycles. The van der Waals surface area contributed by atoms with Gasteiger partial charge in [-0.15, -0.1) is 0 Å². The first-order chi connectivity index (χ1) is 38.7. The molecule has 0 atom stereocenters. The van der Waals surface area contributed by atoms with E-state index in [0.717, 1.165) is 0 Å². The van der Waals surface area contributed by atoms with Gasteiger partial charge in [-0.25, -0.2) is 0 Å². The van der Waals surface area contributed by atoms with E-state index in [0.29, 0.717) is 0 Å². The van der Waals surface area contributed by atoms with Gasteiger partial charge in [0.2, 0.25) is 0 Å². The molecule has 17 aromatic rings. The van der Waals surface area contributed by atoms with Crippen LogP contribution in [0.1, 0.15) is 0 Å². The first-order valence-electron chi connectivity index (χ1n) is 27.2. The first-order valence-corrected chi connectivity index (χ1v) is 27.2. The van der Waals surface area contributed by atoms with Crippen molar-refractivity contribution in [1.29, 1.82) is 0 Å². The molecule has 0 unspecified atom stereocenters. The second-order valence-electron chi connectivity index (χ2n) is 21.3. The summed E-state index contributed by atoms with van der Waals surface area (Å²) in [6.07, 6.45) is 0. The fourth-order valence-electron chi connectivity index (χ4n) is 14.0. The lowest BCUT2D eigenvalue weighted by Gasteiger charge is -2.23. The van der Waals surface area contributed by atoms with E-state index in [-0.39, 0.29) is 0 Å². The first kappa shape index (κ1) is 43.1. The molecule has 78 heavy (non-hydrogen) atoms. The summed E-state index contributed by atoms with van der Waals surface area (Å²) in [5.74, 6) is 0. The molecule has 0 aliphatic rings. The van der Waals surface area contributed by atoms with Crippen molar-refractivity contribution >= 4 is 108 Å². The second kappa shape index (κ2) is 16.7. The Kier molecular flexibility index (Phi) is 9.22. The fourth-order valence-corrected chi connectivity index (χ4v) is 14.0. The zero-order valence-corrected chi connectivity index (χ0v) is 42.6. The van der Waals surface area contributed by atoms with Gasteiger partial charge in [0.25, 0.3) is 0 Å². The summed E-state index contributed by atoms with van der Waals surface area (Å²) in [6, 6.07) is 105. The van der Waals surface area contributed by atoms with Gasteiger partial charge in [0, 0.05) is 0 Å². The Balaban J connectivity index is 0.907. The van der Waals surface area contributed by atoms with Crippen molar-refractivity contribution in [3.05, 3.63) is 279 Å². The molecule has 17 rings (SSSR count). The Labute approximate surface area is 451 Å². The maximum atomic E-state index is 2.47. The molecule has 0 bridgehead atoms. The molecular weight excluding hydrogens is 937 g/mol. The van der Waals surface area contributed by atoms with E-state index in [1.54, 1.807) is 0 Å². The Hall–Kier alpha value is -10.1. The Bertz CT molecular complexity index is 4920. The van der Waals surface area contributed by atoms with Crippen LogP contribution in [-0.4, -0.2) is 0 Å². The van der Waals surface area contributed by atoms with Crippen LogP contribution in [-0.2, 0) is 0 Å². The highest BCUT2D eigenvalue weighted by Gasteiger charge is 2.26. The molecule has 358 valence electrons. The number of hydrogen-bond acceptors (Lipinski definition) is 0. The van der Waals surface area contributed by atoms with E-state index < -0.39 is 0 Å². The van der Waals surface area contributed by atoms with Gasteiger partial charge in [-0.3, -0.25) is 0 Å². The lowest BCUT2D eigenvalue weighted by molar-refractivity contribution is 1.61. The van der Waals surface area contributed by atoms with E-state index in [1.165, 1.54) is 174 Å². The van der Waals surface area contributed by atoms with Gasteiger partial charge in [-0.2, -0.15) is 0 Å². The summed E-state index contributed by atoms with van der Waals surface area (Å²) in [5, 5.41) is 25.8. The van der Waals surface area contributed by atoms with Crippen LogP contribution in [0.5, 0.6) is 0 Å². The summed E-state index contributed by atoms with van der Waals surface area (Å²) in [4.78, 5) is 0. The Morgan fingerprint density at radius 1 is 0.128 bits per heavy atom. The van der Waals surface area contributed by atoms with Gasteiger partial charge < -0.3 is 0 Å². The fraction of sp³-hybridized carbons (Fsp3) is 0. The van der Waals surface area contributed by atoms with Gasteiger partial charge in [0.1, 0.15) is 0 Å². The van der Waals surface area contributed by atoms with E-state index >= 15 is 0 Å². The summed E-state index contributed by atoms with van der Waals surface area (Å²) in [7, 11) is 0. The summed E-state index contributed by atoms with van der Waals surface area (Å²) in [5.41, 5.74) is 14.7. The molecule has 0 fully saturated rings. The van der Waals surface area contributed by atoms with Crippen molar-refractivity contribution in [2.45, 2.75) is 0 Å². The van der Waals surface area contributed by atoms with Gasteiger partial charge in [0.05, 0.1) is 0 Å². The van der Waals surface area contributed by atoms with E-state index in [9.17, 15) is 0 Å². The minimum absolute atomic E-state index is 1.18. The smallest absolute Gasteiger partial charge is 0.000741 e. The maximum absolute atomic E-state index is 2.47. The molecule has 0 radical (unpaired) electrons. The van der Waals surface area contributed by atoms with Crippen molar-refractivity contribution in [1.82, 2.24) is 0 Å². The highest BCUT2D eigenvalue weighted by molar-refractivity contribution is 6.43. The minimum Gasteiger partial charge on any atom is -0.0622 e. The highest BCUT2D eigenvalue weighted by Crippen LogP contribution is 2.54. The second-order valence-corrected chi connectivity index (χ2v) is 21.3. The molecule has 0 heterocycles. The molecule has 0 heteroatoms. The summed E-state index contributed by atoms with van der Waals surface area (Å²) in [6.45, 7) is 0. The van der Waals surface area contributed by atoms with Gasteiger partial charge in [-0.05, 0) is 187 Å². The van der Waals surface area contributed by atoms with Gasteiger partial charge in [0.15, 0.2) is 0 Å². The predicted molar refractivity (Wildman–Crippen MR) is 336 cm³/mol.